The van der Waals surface area contributed by atoms with Crippen molar-refractivity contribution in [2.45, 2.75) is 20.9 Å². The zero-order valence-electron chi connectivity index (χ0n) is 21.0. The van der Waals surface area contributed by atoms with Crippen LogP contribution in [0.5, 0.6) is 0 Å². The fraction of sp³-hybridized carbons (Fsp3) is 0.0667. The summed E-state index contributed by atoms with van der Waals surface area (Å²) in [5.41, 5.74) is 2.50. The molecule has 1 heterocycles. The van der Waals surface area contributed by atoms with E-state index in [0.717, 1.165) is 40.2 Å². The highest BCUT2D eigenvalue weighted by Crippen LogP contribution is 2.40. The summed E-state index contributed by atoms with van der Waals surface area (Å²) in [4.78, 5) is 28.4. The molecule has 0 radical (unpaired) electrons. The summed E-state index contributed by atoms with van der Waals surface area (Å²) in [7, 11) is -3.99. The quantitative estimate of drug-likeness (QED) is 0.161. The number of nitrogens with one attached hydrogen (secondary N) is 1. The van der Waals surface area contributed by atoms with E-state index >= 15 is 0 Å². The molecule has 5 rings (SSSR count). The van der Waals surface area contributed by atoms with Crippen molar-refractivity contribution in [2.75, 3.05) is 5.32 Å². The first-order chi connectivity index (χ1) is 19.3. The maximum atomic E-state index is 14.0. The van der Waals surface area contributed by atoms with E-state index in [-0.39, 0.29) is 31.7 Å². The topological polar surface area (TPSA) is 119 Å². The lowest BCUT2D eigenvalue weighted by Crippen LogP contribution is -2.27. The zero-order chi connectivity index (χ0) is 28.1. The number of carbonyl (C=O) groups is 1. The first kappa shape index (κ1) is 26.9. The van der Waals surface area contributed by atoms with Gasteiger partial charge in [0.25, 0.3) is 5.69 Å². The van der Waals surface area contributed by atoms with E-state index in [0.29, 0.717) is 0 Å². The first-order valence-electron chi connectivity index (χ1n) is 12.3. The number of non-ortho nitro benzene ring substituents is 1. The Hall–Kier alpha value is -4.67. The summed E-state index contributed by atoms with van der Waals surface area (Å²) in [6.45, 7) is 0. The standard InChI is InChI=1S/C30H23N3O5S2/c34-29(32-30-31-20-26(39-30)40(37,38)25-18-16-24(17-19-25)33(35)36)28(23-14-8-3-9-15-23)27(21-10-4-1-5-11-21)22-12-6-2-7-13-22/h1-20,27-28H,(H,31,32,34). The fourth-order valence-electron chi connectivity index (χ4n) is 4.54. The van der Waals surface area contributed by atoms with Gasteiger partial charge < -0.3 is 5.32 Å². The van der Waals surface area contributed by atoms with Gasteiger partial charge in [0.15, 0.2) is 5.13 Å². The number of thiazole rings is 1. The van der Waals surface area contributed by atoms with Crippen LogP contribution < -0.4 is 5.32 Å². The normalized spacial score (nSPS) is 12.1. The summed E-state index contributed by atoms with van der Waals surface area (Å²) in [5.74, 6) is -1.31. The molecule has 5 aromatic rings. The predicted octanol–water partition coefficient (Wildman–Crippen LogP) is 6.44. The minimum atomic E-state index is -3.99. The molecular formula is C30H23N3O5S2. The van der Waals surface area contributed by atoms with Gasteiger partial charge in [0.2, 0.25) is 15.7 Å². The van der Waals surface area contributed by atoms with Crippen molar-refractivity contribution in [1.82, 2.24) is 4.98 Å². The van der Waals surface area contributed by atoms with E-state index in [2.05, 4.69) is 10.3 Å². The molecule has 200 valence electrons. The van der Waals surface area contributed by atoms with Crippen LogP contribution in [0.3, 0.4) is 0 Å². The molecule has 0 aliphatic heterocycles. The van der Waals surface area contributed by atoms with Crippen LogP contribution >= 0.6 is 11.3 Å². The third-order valence-corrected chi connectivity index (χ3v) is 9.57. The van der Waals surface area contributed by atoms with Gasteiger partial charge in [-0.25, -0.2) is 13.4 Å². The molecule has 40 heavy (non-hydrogen) atoms. The van der Waals surface area contributed by atoms with Crippen molar-refractivity contribution < 1.29 is 18.1 Å². The molecule has 8 nitrogen and oxygen atoms in total. The lowest BCUT2D eigenvalue weighted by atomic mass is 9.76. The van der Waals surface area contributed by atoms with Gasteiger partial charge >= 0.3 is 0 Å². The smallest absolute Gasteiger partial charge is 0.269 e. The number of hydrogen-bond donors (Lipinski definition) is 1. The molecule has 1 aromatic heterocycles. The molecule has 4 aromatic carbocycles. The van der Waals surface area contributed by atoms with E-state index in [1.54, 1.807) is 0 Å². The van der Waals surface area contributed by atoms with Gasteiger partial charge in [-0.2, -0.15) is 0 Å². The van der Waals surface area contributed by atoms with Crippen LogP contribution in [0.1, 0.15) is 28.5 Å². The average molecular weight is 570 g/mol. The van der Waals surface area contributed by atoms with Gasteiger partial charge in [-0.05, 0) is 28.8 Å². The zero-order valence-corrected chi connectivity index (χ0v) is 22.6. The molecule has 10 heteroatoms. The molecule has 0 aliphatic carbocycles. The number of sulfone groups is 1. The summed E-state index contributed by atoms with van der Waals surface area (Å²) in [6, 6.07) is 33.6. The second-order valence-corrected chi connectivity index (χ2v) is 12.1. The van der Waals surface area contributed by atoms with Crippen molar-refractivity contribution in [1.29, 1.82) is 0 Å². The average Bonchev–Trinajstić information content (AvgIpc) is 3.46. The van der Waals surface area contributed by atoms with E-state index in [4.69, 9.17) is 0 Å². The summed E-state index contributed by atoms with van der Waals surface area (Å²) in [6.07, 6.45) is 1.18. The second kappa shape index (κ2) is 11.6. The van der Waals surface area contributed by atoms with E-state index in [1.165, 1.54) is 18.3 Å². The number of anilines is 1. The highest BCUT2D eigenvalue weighted by molar-refractivity contribution is 7.93. The van der Waals surface area contributed by atoms with Crippen molar-refractivity contribution in [2.24, 2.45) is 0 Å². The lowest BCUT2D eigenvalue weighted by molar-refractivity contribution is -0.384. The molecule has 0 bridgehead atoms. The Bertz CT molecular complexity index is 1690. The third kappa shape index (κ3) is 5.68. The number of benzene rings is 4. The molecule has 0 aliphatic rings. The lowest BCUT2D eigenvalue weighted by Gasteiger charge is -2.27. The minimum Gasteiger partial charge on any atom is -0.301 e. The van der Waals surface area contributed by atoms with Crippen LogP contribution in [0.4, 0.5) is 10.8 Å². The highest BCUT2D eigenvalue weighted by Gasteiger charge is 2.33. The molecule has 1 amide bonds. The van der Waals surface area contributed by atoms with Gasteiger partial charge in [-0.1, -0.05) is 102 Å². The van der Waals surface area contributed by atoms with Gasteiger partial charge in [0.1, 0.15) is 4.21 Å². The van der Waals surface area contributed by atoms with E-state index < -0.39 is 20.7 Å². The molecule has 1 N–H and O–H groups in total. The number of nitrogens with zero attached hydrogens (tertiary/aromatic N) is 2. The Morgan fingerprint density at radius 1 is 0.775 bits per heavy atom. The molecule has 0 fully saturated rings. The van der Waals surface area contributed by atoms with Crippen LogP contribution in [0, 0.1) is 10.1 Å². The van der Waals surface area contributed by atoms with Crippen molar-refractivity contribution in [3.05, 3.63) is 148 Å². The Kier molecular flexibility index (Phi) is 7.81. The molecule has 0 spiro atoms. The number of carbonyl (C=O) groups excluding carboxylic acids is 1. The van der Waals surface area contributed by atoms with Crippen LogP contribution in [-0.4, -0.2) is 24.2 Å². The molecule has 0 saturated carbocycles. The van der Waals surface area contributed by atoms with Crippen molar-refractivity contribution in [3.8, 4) is 0 Å². The molecular weight excluding hydrogens is 546 g/mol. The van der Waals surface area contributed by atoms with E-state index in [1.807, 2.05) is 91.0 Å². The second-order valence-electron chi connectivity index (χ2n) is 8.92. The SMILES string of the molecule is O=C(Nc1ncc(S(=O)(=O)c2ccc([N+](=O)[O-])cc2)s1)C(c1ccccc1)C(c1ccccc1)c1ccccc1. The predicted molar refractivity (Wildman–Crippen MR) is 153 cm³/mol. The third-order valence-electron chi connectivity index (χ3n) is 6.43. The monoisotopic (exact) mass is 569 g/mol. The molecule has 0 saturated heterocycles. The highest BCUT2D eigenvalue weighted by atomic mass is 32.2. The van der Waals surface area contributed by atoms with Crippen molar-refractivity contribution in [3.63, 3.8) is 0 Å². The van der Waals surface area contributed by atoms with Crippen LogP contribution in [0.25, 0.3) is 0 Å². The Balaban J connectivity index is 1.49. The first-order valence-corrected chi connectivity index (χ1v) is 14.6. The van der Waals surface area contributed by atoms with Gasteiger partial charge in [0.05, 0.1) is 21.9 Å². The fourth-order valence-corrected chi connectivity index (χ4v) is 6.98. The van der Waals surface area contributed by atoms with Gasteiger partial charge in [0, 0.05) is 18.1 Å². The maximum absolute atomic E-state index is 14.0. The largest absolute Gasteiger partial charge is 0.301 e. The number of amides is 1. The number of aromatic nitrogens is 1. The summed E-state index contributed by atoms with van der Waals surface area (Å²) < 4.78 is 26.2. The Morgan fingerprint density at radius 3 is 1.77 bits per heavy atom. The van der Waals surface area contributed by atoms with E-state index in [9.17, 15) is 23.3 Å². The molecule has 1 atom stereocenters. The van der Waals surface area contributed by atoms with Crippen LogP contribution in [0.2, 0.25) is 0 Å². The molecule has 1 unspecified atom stereocenters. The summed E-state index contributed by atoms with van der Waals surface area (Å²) in [5, 5.41) is 13.9. The van der Waals surface area contributed by atoms with Gasteiger partial charge in [-0.3, -0.25) is 14.9 Å². The maximum Gasteiger partial charge on any atom is 0.269 e. The number of rotatable bonds is 9. The van der Waals surface area contributed by atoms with Gasteiger partial charge in [-0.15, -0.1) is 0 Å². The minimum absolute atomic E-state index is 0.0874. The Morgan fingerprint density at radius 2 is 1.27 bits per heavy atom. The number of hydrogen-bond acceptors (Lipinski definition) is 7. The Labute approximate surface area is 235 Å². The summed E-state index contributed by atoms with van der Waals surface area (Å²) >= 11 is 0.825. The van der Waals surface area contributed by atoms with Crippen LogP contribution in [0.15, 0.2) is 131 Å². The van der Waals surface area contributed by atoms with Crippen LogP contribution in [-0.2, 0) is 14.6 Å². The number of nitro benzene ring substituents is 1. The van der Waals surface area contributed by atoms with Crippen molar-refractivity contribution >= 4 is 37.9 Å². The number of nitro groups is 1.